The second-order valence-corrected chi connectivity index (χ2v) is 7.59. The molecule has 0 radical (unpaired) electrons. The van der Waals surface area contributed by atoms with Gasteiger partial charge in [0, 0.05) is 0 Å². The zero-order valence-corrected chi connectivity index (χ0v) is 17.7. The molecule has 0 aliphatic heterocycles. The zero-order chi connectivity index (χ0) is 24.9. The first-order valence-corrected chi connectivity index (χ1v) is 10.1. The van der Waals surface area contributed by atoms with Gasteiger partial charge in [0.15, 0.2) is 5.82 Å². The van der Waals surface area contributed by atoms with Gasteiger partial charge in [0.05, 0.1) is 17.4 Å². The number of nitrogens with two attached hydrogens (primary N) is 1. The molecular weight excluding hydrogens is 453 g/mol. The topological polar surface area (TPSA) is 127 Å². The van der Waals surface area contributed by atoms with E-state index in [2.05, 4.69) is 10.3 Å². The number of aromatic nitrogens is 2. The van der Waals surface area contributed by atoms with Crippen molar-refractivity contribution in [3.05, 3.63) is 82.8 Å². The van der Waals surface area contributed by atoms with Crippen molar-refractivity contribution in [2.75, 3.05) is 5.32 Å². The number of anilines is 1. The third-order valence-electron chi connectivity index (χ3n) is 5.11. The van der Waals surface area contributed by atoms with E-state index in [1.807, 2.05) is 60.7 Å². The van der Waals surface area contributed by atoms with E-state index in [0.29, 0.717) is 5.69 Å². The molecule has 0 spiro atoms. The average molecular weight is 474 g/mol. The number of hydrogen-bond donors (Lipinski definition) is 3. The van der Waals surface area contributed by atoms with Crippen LogP contribution in [0, 0.1) is 0 Å². The first-order valence-electron chi connectivity index (χ1n) is 10.1. The molecule has 0 unspecified atom stereocenters. The number of carbonyl (C=O) groups excluding carboxylic acids is 1. The number of alkyl halides is 3. The van der Waals surface area contributed by atoms with E-state index in [0.717, 1.165) is 24.0 Å². The molecule has 0 saturated heterocycles. The van der Waals surface area contributed by atoms with E-state index in [-0.39, 0.29) is 23.5 Å². The number of benzene rings is 2. The van der Waals surface area contributed by atoms with Crippen LogP contribution in [0.4, 0.5) is 19.0 Å². The number of nitrogens with zero attached hydrogens (tertiary/aromatic N) is 2. The van der Waals surface area contributed by atoms with E-state index in [9.17, 15) is 22.8 Å². The summed E-state index contributed by atoms with van der Waals surface area (Å²) in [6, 6.07) is 19.4. The van der Waals surface area contributed by atoms with Gasteiger partial charge < -0.3 is 16.2 Å². The van der Waals surface area contributed by atoms with Crippen LogP contribution in [0.2, 0.25) is 0 Å². The molecule has 2 aromatic carbocycles. The van der Waals surface area contributed by atoms with Crippen molar-refractivity contribution < 1.29 is 27.9 Å². The third kappa shape index (κ3) is 5.80. The highest BCUT2D eigenvalue weighted by atomic mass is 19.4. The summed E-state index contributed by atoms with van der Waals surface area (Å²) in [5, 5.41) is 10.4. The Kier molecular flexibility index (Phi) is 7.04. The maximum Gasteiger partial charge on any atom is 0.490 e. The standard InChI is InChI=1S/C21H20N4O2.C2HF3O2/c22-18(26)14-25-17(15-7-3-1-4-8-15)13-23-19(20(25)27)24-21(11-12-21)16-9-5-2-6-10-16;3-2(4,5)1(6)7/h1-10,13H,11-12,14H2,(H2,22,26)(H,23,24);(H,6,7). The molecule has 0 atom stereocenters. The summed E-state index contributed by atoms with van der Waals surface area (Å²) in [6.07, 6.45) is -1.62. The Labute approximate surface area is 191 Å². The normalized spacial score (nSPS) is 13.9. The molecule has 4 N–H and O–H groups in total. The van der Waals surface area contributed by atoms with Crippen LogP contribution in [-0.2, 0) is 21.7 Å². The number of carboxylic acid groups (broad SMARTS) is 1. The van der Waals surface area contributed by atoms with Crippen LogP contribution in [0.5, 0.6) is 0 Å². The molecule has 8 nitrogen and oxygen atoms in total. The first kappa shape index (κ1) is 24.5. The minimum absolute atomic E-state index is 0.196. The zero-order valence-electron chi connectivity index (χ0n) is 17.7. The van der Waals surface area contributed by atoms with Gasteiger partial charge in [-0.1, -0.05) is 60.7 Å². The molecule has 11 heteroatoms. The number of aliphatic carboxylic acids is 1. The molecule has 1 amide bonds. The van der Waals surface area contributed by atoms with E-state index in [4.69, 9.17) is 15.6 Å². The predicted octanol–water partition coefficient (Wildman–Crippen LogP) is 3.13. The van der Waals surface area contributed by atoms with Crippen LogP contribution < -0.4 is 16.6 Å². The lowest BCUT2D eigenvalue weighted by Gasteiger charge is -2.20. The Morgan fingerprint density at radius 3 is 2.06 bits per heavy atom. The molecule has 1 fully saturated rings. The highest BCUT2D eigenvalue weighted by Crippen LogP contribution is 2.47. The van der Waals surface area contributed by atoms with Crippen molar-refractivity contribution in [2.45, 2.75) is 31.1 Å². The lowest BCUT2D eigenvalue weighted by atomic mass is 10.1. The smallest absolute Gasteiger partial charge is 0.475 e. The van der Waals surface area contributed by atoms with Gasteiger partial charge in [-0.15, -0.1) is 0 Å². The fourth-order valence-electron chi connectivity index (χ4n) is 3.32. The van der Waals surface area contributed by atoms with Crippen molar-refractivity contribution in [3.8, 4) is 11.3 Å². The summed E-state index contributed by atoms with van der Waals surface area (Å²) in [5.41, 5.74) is 7.25. The molecule has 0 bridgehead atoms. The van der Waals surface area contributed by atoms with Gasteiger partial charge >= 0.3 is 12.1 Å². The molecular formula is C23H21F3N4O4. The Morgan fingerprint density at radius 2 is 1.59 bits per heavy atom. The van der Waals surface area contributed by atoms with Gasteiger partial charge in [-0.2, -0.15) is 13.2 Å². The molecule has 1 aromatic heterocycles. The fraction of sp³-hybridized carbons (Fsp3) is 0.217. The Bertz CT molecular complexity index is 1220. The van der Waals surface area contributed by atoms with Gasteiger partial charge in [-0.05, 0) is 24.0 Å². The minimum atomic E-state index is -5.08. The highest BCUT2D eigenvalue weighted by Gasteiger charge is 2.45. The van der Waals surface area contributed by atoms with E-state index in [1.165, 1.54) is 4.57 Å². The van der Waals surface area contributed by atoms with Gasteiger partial charge in [-0.25, -0.2) is 9.78 Å². The van der Waals surface area contributed by atoms with Crippen LogP contribution in [0.25, 0.3) is 11.3 Å². The minimum Gasteiger partial charge on any atom is -0.475 e. The van der Waals surface area contributed by atoms with Crippen molar-refractivity contribution in [2.24, 2.45) is 5.73 Å². The SMILES string of the molecule is NC(=O)Cn1c(-c2ccccc2)cnc(NC2(c3ccccc3)CC2)c1=O.O=C(O)C(F)(F)F. The van der Waals surface area contributed by atoms with Crippen molar-refractivity contribution >= 4 is 17.7 Å². The third-order valence-corrected chi connectivity index (χ3v) is 5.11. The number of halogens is 3. The molecule has 4 rings (SSSR count). The maximum absolute atomic E-state index is 13.1. The number of primary amides is 1. The van der Waals surface area contributed by atoms with Crippen molar-refractivity contribution in [1.82, 2.24) is 9.55 Å². The summed E-state index contributed by atoms with van der Waals surface area (Å²) in [4.78, 5) is 37.9. The molecule has 178 valence electrons. The van der Waals surface area contributed by atoms with E-state index < -0.39 is 18.1 Å². The quantitative estimate of drug-likeness (QED) is 0.504. The van der Waals surface area contributed by atoms with Gasteiger partial charge in [0.2, 0.25) is 5.91 Å². The van der Waals surface area contributed by atoms with Gasteiger partial charge in [0.1, 0.15) is 6.54 Å². The van der Waals surface area contributed by atoms with Crippen LogP contribution in [0.1, 0.15) is 18.4 Å². The summed E-state index contributed by atoms with van der Waals surface area (Å²) in [6.45, 7) is -0.196. The first-order chi connectivity index (χ1) is 16.0. The Hall–Kier alpha value is -4.15. The van der Waals surface area contributed by atoms with E-state index in [1.54, 1.807) is 6.20 Å². The Balaban J connectivity index is 0.000000406. The van der Waals surface area contributed by atoms with Crippen molar-refractivity contribution in [1.29, 1.82) is 0 Å². The predicted molar refractivity (Wildman–Crippen MR) is 118 cm³/mol. The van der Waals surface area contributed by atoms with Crippen LogP contribution in [-0.4, -0.2) is 32.7 Å². The van der Waals surface area contributed by atoms with Gasteiger partial charge in [0.25, 0.3) is 5.56 Å². The molecule has 1 saturated carbocycles. The molecule has 1 aliphatic rings. The number of carboxylic acids is 1. The number of amides is 1. The number of nitrogens with one attached hydrogen (secondary N) is 1. The summed E-state index contributed by atoms with van der Waals surface area (Å²) >= 11 is 0. The number of rotatable bonds is 6. The summed E-state index contributed by atoms with van der Waals surface area (Å²) in [7, 11) is 0. The summed E-state index contributed by atoms with van der Waals surface area (Å²) < 4.78 is 33.1. The Morgan fingerprint density at radius 1 is 1.06 bits per heavy atom. The maximum atomic E-state index is 13.1. The second kappa shape index (κ2) is 9.77. The lowest BCUT2D eigenvalue weighted by molar-refractivity contribution is -0.192. The lowest BCUT2D eigenvalue weighted by Crippen LogP contribution is -2.33. The summed E-state index contributed by atoms with van der Waals surface area (Å²) in [5.74, 6) is -3.10. The molecule has 1 aliphatic carbocycles. The fourth-order valence-corrected chi connectivity index (χ4v) is 3.32. The molecule has 34 heavy (non-hydrogen) atoms. The van der Waals surface area contributed by atoms with Crippen LogP contribution in [0.15, 0.2) is 71.7 Å². The second-order valence-electron chi connectivity index (χ2n) is 7.59. The van der Waals surface area contributed by atoms with E-state index >= 15 is 0 Å². The average Bonchev–Trinajstić information content (AvgIpc) is 3.58. The van der Waals surface area contributed by atoms with Crippen LogP contribution in [0.3, 0.4) is 0 Å². The number of hydrogen-bond acceptors (Lipinski definition) is 5. The van der Waals surface area contributed by atoms with Gasteiger partial charge in [-0.3, -0.25) is 14.2 Å². The molecule has 3 aromatic rings. The number of carbonyl (C=O) groups is 2. The monoisotopic (exact) mass is 474 g/mol. The van der Waals surface area contributed by atoms with Crippen molar-refractivity contribution in [3.63, 3.8) is 0 Å². The molecule has 1 heterocycles. The highest BCUT2D eigenvalue weighted by molar-refractivity contribution is 5.75. The largest absolute Gasteiger partial charge is 0.490 e. The van der Waals surface area contributed by atoms with Crippen LogP contribution >= 0.6 is 0 Å².